The number of hydrogen-bond acceptors (Lipinski definition) is 4. The minimum absolute atomic E-state index is 0.306. The fourth-order valence-corrected chi connectivity index (χ4v) is 3.75. The van der Waals surface area contributed by atoms with E-state index in [0.29, 0.717) is 23.7 Å². The molecule has 7 heteroatoms. The minimum Gasteiger partial charge on any atom is -0.337 e. The van der Waals surface area contributed by atoms with Crippen molar-refractivity contribution in [2.45, 2.75) is 17.5 Å². The van der Waals surface area contributed by atoms with E-state index in [-0.39, 0.29) is 5.82 Å². The van der Waals surface area contributed by atoms with Gasteiger partial charge in [-0.2, -0.15) is 0 Å². The number of aromatic nitrogens is 5. The van der Waals surface area contributed by atoms with Crippen LogP contribution in [-0.2, 0) is 19.3 Å². The number of imidazole rings is 1. The summed E-state index contributed by atoms with van der Waals surface area (Å²) in [6.45, 7) is 0.570. The van der Waals surface area contributed by atoms with Crippen LogP contribution < -0.4 is 0 Å². The molecule has 0 saturated heterocycles. The largest absolute Gasteiger partial charge is 0.337 e. The summed E-state index contributed by atoms with van der Waals surface area (Å²) in [5.41, 5.74) is 1.55. The van der Waals surface area contributed by atoms with Crippen molar-refractivity contribution < 1.29 is 4.39 Å². The van der Waals surface area contributed by atoms with E-state index in [2.05, 4.69) is 15.2 Å². The summed E-state index contributed by atoms with van der Waals surface area (Å²) in [7, 11) is 1.96. The first-order chi connectivity index (χ1) is 13.2. The van der Waals surface area contributed by atoms with Crippen LogP contribution >= 0.6 is 11.8 Å². The predicted octanol–water partition coefficient (Wildman–Crippen LogP) is 4.16. The van der Waals surface area contributed by atoms with Crippen LogP contribution in [0.2, 0.25) is 0 Å². The molecule has 27 heavy (non-hydrogen) atoms. The first-order valence-corrected chi connectivity index (χ1v) is 9.52. The number of thioether (sulfide) groups is 1. The standard InChI is InChI=1S/C20H18FN5S/c1-25-12-11-22-18(25)14-27-20-24-23-19(16-9-5-6-10-17(16)21)26(20)13-15-7-3-2-4-8-15/h2-12H,13-14H2,1H3. The van der Waals surface area contributed by atoms with Crippen LogP contribution in [0.15, 0.2) is 72.1 Å². The molecule has 0 aliphatic heterocycles. The lowest BCUT2D eigenvalue weighted by Gasteiger charge is -2.11. The third-order valence-electron chi connectivity index (χ3n) is 4.27. The number of rotatable bonds is 6. The second-order valence-electron chi connectivity index (χ2n) is 6.10. The molecule has 0 saturated carbocycles. The van der Waals surface area contributed by atoms with Crippen molar-refractivity contribution in [2.24, 2.45) is 7.05 Å². The molecule has 4 aromatic rings. The lowest BCUT2D eigenvalue weighted by molar-refractivity contribution is 0.626. The normalized spacial score (nSPS) is 11.0. The third-order valence-corrected chi connectivity index (χ3v) is 5.23. The maximum atomic E-state index is 14.4. The lowest BCUT2D eigenvalue weighted by Crippen LogP contribution is -2.05. The number of nitrogens with zero attached hydrogens (tertiary/aromatic N) is 5. The summed E-state index contributed by atoms with van der Waals surface area (Å²) in [5, 5.41) is 9.36. The Kier molecular flexibility index (Phi) is 5.02. The maximum absolute atomic E-state index is 14.4. The molecule has 0 radical (unpaired) electrons. The molecule has 2 aromatic heterocycles. The Morgan fingerprint density at radius 3 is 2.52 bits per heavy atom. The fourth-order valence-electron chi connectivity index (χ4n) is 2.81. The molecular weight excluding hydrogens is 361 g/mol. The summed E-state index contributed by atoms with van der Waals surface area (Å²) in [6, 6.07) is 16.7. The molecule has 0 atom stereocenters. The highest BCUT2D eigenvalue weighted by molar-refractivity contribution is 7.98. The second-order valence-corrected chi connectivity index (χ2v) is 7.04. The molecule has 0 unspecified atom stereocenters. The van der Waals surface area contributed by atoms with E-state index in [9.17, 15) is 4.39 Å². The first-order valence-electron chi connectivity index (χ1n) is 8.53. The van der Waals surface area contributed by atoms with Crippen molar-refractivity contribution in [3.05, 3.63) is 84.2 Å². The maximum Gasteiger partial charge on any atom is 0.192 e. The Morgan fingerprint density at radius 1 is 1.00 bits per heavy atom. The van der Waals surface area contributed by atoms with Crippen LogP contribution in [0, 0.1) is 5.82 Å². The highest BCUT2D eigenvalue weighted by atomic mass is 32.2. The second kappa shape index (κ2) is 7.75. The summed E-state index contributed by atoms with van der Waals surface area (Å²) in [4.78, 5) is 4.35. The van der Waals surface area contributed by atoms with Crippen LogP contribution in [-0.4, -0.2) is 24.3 Å². The fraction of sp³-hybridized carbons (Fsp3) is 0.150. The molecule has 0 fully saturated rings. The minimum atomic E-state index is -0.306. The highest BCUT2D eigenvalue weighted by Gasteiger charge is 2.18. The van der Waals surface area contributed by atoms with Crippen molar-refractivity contribution >= 4 is 11.8 Å². The first kappa shape index (κ1) is 17.5. The van der Waals surface area contributed by atoms with E-state index < -0.39 is 0 Å². The zero-order chi connectivity index (χ0) is 18.6. The number of aryl methyl sites for hydroxylation is 1. The van der Waals surface area contributed by atoms with Crippen LogP contribution in [0.4, 0.5) is 4.39 Å². The van der Waals surface area contributed by atoms with Crippen LogP contribution in [0.3, 0.4) is 0 Å². The van der Waals surface area contributed by atoms with Gasteiger partial charge in [-0.25, -0.2) is 9.37 Å². The van der Waals surface area contributed by atoms with E-state index in [0.717, 1.165) is 16.5 Å². The molecule has 4 rings (SSSR count). The van der Waals surface area contributed by atoms with Crippen molar-refractivity contribution in [3.63, 3.8) is 0 Å². The molecule has 0 N–H and O–H groups in total. The topological polar surface area (TPSA) is 48.5 Å². The average molecular weight is 379 g/mol. The molecule has 2 aromatic carbocycles. The smallest absolute Gasteiger partial charge is 0.192 e. The van der Waals surface area contributed by atoms with Crippen molar-refractivity contribution in [3.8, 4) is 11.4 Å². The molecule has 0 amide bonds. The molecular formula is C20H18FN5S. The number of benzene rings is 2. The Bertz CT molecular complexity index is 1040. The molecule has 0 spiro atoms. The van der Waals surface area contributed by atoms with Gasteiger partial charge < -0.3 is 4.57 Å². The molecule has 0 bridgehead atoms. The highest BCUT2D eigenvalue weighted by Crippen LogP contribution is 2.28. The quantitative estimate of drug-likeness (QED) is 0.472. The Balaban J connectivity index is 1.70. The van der Waals surface area contributed by atoms with Gasteiger partial charge in [0, 0.05) is 19.4 Å². The van der Waals surface area contributed by atoms with E-state index in [1.54, 1.807) is 36.2 Å². The van der Waals surface area contributed by atoms with E-state index in [4.69, 9.17) is 0 Å². The lowest BCUT2D eigenvalue weighted by atomic mass is 10.2. The molecule has 0 aliphatic carbocycles. The Labute approximate surface area is 160 Å². The van der Waals surface area contributed by atoms with Gasteiger partial charge in [-0.05, 0) is 17.7 Å². The van der Waals surface area contributed by atoms with Gasteiger partial charge in [0.15, 0.2) is 11.0 Å². The zero-order valence-electron chi connectivity index (χ0n) is 14.8. The van der Waals surface area contributed by atoms with Crippen LogP contribution in [0.5, 0.6) is 0 Å². The Morgan fingerprint density at radius 2 is 1.78 bits per heavy atom. The molecule has 136 valence electrons. The van der Waals surface area contributed by atoms with Gasteiger partial charge in [0.2, 0.25) is 0 Å². The van der Waals surface area contributed by atoms with Crippen molar-refractivity contribution in [2.75, 3.05) is 0 Å². The molecule has 5 nitrogen and oxygen atoms in total. The zero-order valence-corrected chi connectivity index (χ0v) is 15.6. The van der Waals surface area contributed by atoms with E-state index in [1.165, 1.54) is 6.07 Å². The van der Waals surface area contributed by atoms with Gasteiger partial charge in [0.1, 0.15) is 11.6 Å². The van der Waals surface area contributed by atoms with E-state index >= 15 is 0 Å². The van der Waals surface area contributed by atoms with Gasteiger partial charge in [0.25, 0.3) is 0 Å². The van der Waals surface area contributed by atoms with Crippen molar-refractivity contribution in [1.29, 1.82) is 0 Å². The van der Waals surface area contributed by atoms with Crippen molar-refractivity contribution in [1.82, 2.24) is 24.3 Å². The van der Waals surface area contributed by atoms with Gasteiger partial charge in [-0.15, -0.1) is 10.2 Å². The van der Waals surface area contributed by atoms with Gasteiger partial charge in [-0.3, -0.25) is 4.57 Å². The SMILES string of the molecule is Cn1ccnc1CSc1nnc(-c2ccccc2F)n1Cc1ccccc1. The van der Waals surface area contributed by atoms with Gasteiger partial charge >= 0.3 is 0 Å². The Hall–Kier alpha value is -2.93. The van der Waals surface area contributed by atoms with Crippen LogP contribution in [0.1, 0.15) is 11.4 Å². The number of halogens is 1. The van der Waals surface area contributed by atoms with E-state index in [1.807, 2.05) is 52.7 Å². The van der Waals surface area contributed by atoms with Gasteiger partial charge in [0.05, 0.1) is 17.9 Å². The third kappa shape index (κ3) is 3.78. The average Bonchev–Trinajstić information content (AvgIpc) is 3.27. The summed E-state index contributed by atoms with van der Waals surface area (Å²) in [5.74, 6) is 1.83. The monoisotopic (exact) mass is 379 g/mol. The summed E-state index contributed by atoms with van der Waals surface area (Å²) in [6.07, 6.45) is 3.69. The van der Waals surface area contributed by atoms with Crippen LogP contribution in [0.25, 0.3) is 11.4 Å². The summed E-state index contributed by atoms with van der Waals surface area (Å²) >= 11 is 1.54. The predicted molar refractivity (Wildman–Crippen MR) is 104 cm³/mol. The molecule has 0 aliphatic rings. The number of hydrogen-bond donors (Lipinski definition) is 0. The molecule has 2 heterocycles. The van der Waals surface area contributed by atoms with Gasteiger partial charge in [-0.1, -0.05) is 54.2 Å². The summed E-state index contributed by atoms with van der Waals surface area (Å²) < 4.78 is 18.3.